The van der Waals surface area contributed by atoms with Gasteiger partial charge in [0.15, 0.2) is 0 Å². The fraction of sp³-hybridized carbons (Fsp3) is 0.200. The molecule has 3 aromatic carbocycles. The van der Waals surface area contributed by atoms with Crippen molar-refractivity contribution in [1.29, 1.82) is 0 Å². The molecule has 0 nitrogen and oxygen atoms in total. The highest BCUT2D eigenvalue weighted by molar-refractivity contribution is 6.17. The van der Waals surface area contributed by atoms with Crippen LogP contribution in [0.2, 0.25) is 0 Å². The first-order chi connectivity index (χ1) is 12.7. The molecule has 0 aromatic heterocycles. The molecule has 0 saturated carbocycles. The van der Waals surface area contributed by atoms with Gasteiger partial charge in [0.05, 0.1) is 0 Å². The molecule has 0 atom stereocenters. The zero-order valence-corrected chi connectivity index (χ0v) is 16.7. The van der Waals surface area contributed by atoms with Gasteiger partial charge in [-0.05, 0) is 53.8 Å². The number of benzene rings is 3. The van der Waals surface area contributed by atoms with Gasteiger partial charge in [0.1, 0.15) is 0 Å². The van der Waals surface area contributed by atoms with Crippen LogP contribution in [-0.4, -0.2) is 0 Å². The third-order valence-electron chi connectivity index (χ3n) is 4.20. The van der Waals surface area contributed by atoms with Gasteiger partial charge < -0.3 is 0 Å². The smallest absolute Gasteiger partial charge is 0.0474 e. The molecule has 3 rings (SSSR count). The minimum atomic E-state index is 0.535. The number of alkyl halides is 1. The van der Waals surface area contributed by atoms with Crippen LogP contribution in [0, 0.1) is 25.7 Å². The van der Waals surface area contributed by atoms with Crippen molar-refractivity contribution in [2.75, 3.05) is 0 Å². The first kappa shape index (κ1) is 19.8. The van der Waals surface area contributed by atoms with Crippen LogP contribution in [-0.2, 0) is 5.88 Å². The average Bonchev–Trinajstić information content (AvgIpc) is 2.70. The van der Waals surface area contributed by atoms with Gasteiger partial charge in [0, 0.05) is 17.0 Å². The quantitative estimate of drug-likeness (QED) is 0.336. The summed E-state index contributed by atoms with van der Waals surface area (Å²) in [4.78, 5) is 0. The Kier molecular flexibility index (Phi) is 7.52. The molecule has 0 bridgehead atoms. The molecule has 0 saturated heterocycles. The van der Waals surface area contributed by atoms with E-state index in [1.807, 2.05) is 26.0 Å². The Bertz CT molecular complexity index is 912. The van der Waals surface area contributed by atoms with Crippen LogP contribution in [0.3, 0.4) is 0 Å². The fourth-order valence-corrected chi connectivity index (χ4v) is 2.95. The van der Waals surface area contributed by atoms with Gasteiger partial charge in [0.25, 0.3) is 0 Å². The Morgan fingerprint density at radius 2 is 1.46 bits per heavy atom. The van der Waals surface area contributed by atoms with Crippen LogP contribution >= 0.6 is 11.6 Å². The van der Waals surface area contributed by atoms with Crippen molar-refractivity contribution in [1.82, 2.24) is 0 Å². The van der Waals surface area contributed by atoms with Crippen LogP contribution < -0.4 is 0 Å². The zero-order chi connectivity index (χ0) is 18.9. The summed E-state index contributed by atoms with van der Waals surface area (Å²) in [5.74, 6) is 7.18. The molecule has 3 aromatic rings. The lowest BCUT2D eigenvalue weighted by Crippen LogP contribution is -1.89. The van der Waals surface area contributed by atoms with Crippen LogP contribution in [0.15, 0.2) is 66.7 Å². The molecule has 1 heteroatoms. The minimum absolute atomic E-state index is 0.535. The molecule has 0 aliphatic heterocycles. The molecular weight excluding hydrogens is 336 g/mol. The highest BCUT2D eigenvalue weighted by Gasteiger charge is 2.04. The van der Waals surface area contributed by atoms with Gasteiger partial charge in [-0.25, -0.2) is 0 Å². The standard InChI is InChI=1S/C23H19Cl.C2H6/c1-17-15-19(16-24)11-12-20(17)13-14-21-9-6-10-23(18(21)2)22-7-4-3-5-8-22;1-2/h3-12,15H,16H2,1-2H3;1-2H3. The van der Waals surface area contributed by atoms with Gasteiger partial charge in [-0.2, -0.15) is 0 Å². The van der Waals surface area contributed by atoms with Crippen molar-refractivity contribution in [3.05, 3.63) is 94.5 Å². The van der Waals surface area contributed by atoms with Gasteiger partial charge in [-0.1, -0.05) is 80.3 Å². The SMILES string of the molecule is CC.Cc1cc(CCl)ccc1C#Cc1cccc(-c2ccccc2)c1C. The second-order valence-electron chi connectivity index (χ2n) is 5.88. The third kappa shape index (κ3) is 4.78. The van der Waals surface area contributed by atoms with E-state index in [-0.39, 0.29) is 0 Å². The number of aryl methyl sites for hydroxylation is 1. The van der Waals surface area contributed by atoms with E-state index in [2.05, 4.69) is 80.3 Å². The summed E-state index contributed by atoms with van der Waals surface area (Å²) in [6.07, 6.45) is 0. The van der Waals surface area contributed by atoms with Gasteiger partial charge in [-0.15, -0.1) is 11.6 Å². The molecule has 0 aliphatic carbocycles. The second-order valence-corrected chi connectivity index (χ2v) is 6.14. The molecule has 0 amide bonds. The molecule has 0 heterocycles. The van der Waals surface area contributed by atoms with Crippen LogP contribution in [0.5, 0.6) is 0 Å². The largest absolute Gasteiger partial charge is 0.122 e. The maximum absolute atomic E-state index is 5.88. The van der Waals surface area contributed by atoms with E-state index in [1.54, 1.807) is 0 Å². The highest BCUT2D eigenvalue weighted by Crippen LogP contribution is 2.25. The predicted molar refractivity (Wildman–Crippen MR) is 115 cm³/mol. The summed E-state index contributed by atoms with van der Waals surface area (Å²) >= 11 is 5.88. The van der Waals surface area contributed by atoms with Crippen molar-refractivity contribution in [3.63, 3.8) is 0 Å². The summed E-state index contributed by atoms with van der Waals surface area (Å²) < 4.78 is 0. The molecular formula is C25H25Cl. The Morgan fingerprint density at radius 3 is 2.12 bits per heavy atom. The van der Waals surface area contributed by atoms with E-state index in [0.717, 1.165) is 22.3 Å². The molecule has 0 radical (unpaired) electrons. The van der Waals surface area contributed by atoms with Gasteiger partial charge in [-0.3, -0.25) is 0 Å². The second kappa shape index (κ2) is 9.85. The van der Waals surface area contributed by atoms with Crippen molar-refractivity contribution in [2.24, 2.45) is 0 Å². The van der Waals surface area contributed by atoms with Crippen molar-refractivity contribution in [2.45, 2.75) is 33.6 Å². The van der Waals surface area contributed by atoms with E-state index < -0.39 is 0 Å². The summed E-state index contributed by atoms with van der Waals surface area (Å²) in [6.45, 7) is 8.21. The van der Waals surface area contributed by atoms with Crippen molar-refractivity contribution in [3.8, 4) is 23.0 Å². The number of halogens is 1. The molecule has 132 valence electrons. The molecule has 0 N–H and O–H groups in total. The van der Waals surface area contributed by atoms with E-state index in [4.69, 9.17) is 11.6 Å². The van der Waals surface area contributed by atoms with Crippen LogP contribution in [0.25, 0.3) is 11.1 Å². The molecule has 0 fully saturated rings. The maximum Gasteiger partial charge on any atom is 0.0474 e. The normalized spacial score (nSPS) is 9.58. The minimum Gasteiger partial charge on any atom is -0.122 e. The lowest BCUT2D eigenvalue weighted by atomic mass is 9.96. The first-order valence-electron chi connectivity index (χ1n) is 9.01. The monoisotopic (exact) mass is 360 g/mol. The topological polar surface area (TPSA) is 0 Å². The van der Waals surface area contributed by atoms with Crippen LogP contribution in [0.1, 0.15) is 41.7 Å². The summed E-state index contributed by atoms with van der Waals surface area (Å²) in [5, 5.41) is 0. The first-order valence-corrected chi connectivity index (χ1v) is 9.55. The Balaban J connectivity index is 0.00000117. The van der Waals surface area contributed by atoms with Gasteiger partial charge >= 0.3 is 0 Å². The number of hydrogen-bond acceptors (Lipinski definition) is 0. The molecule has 0 unspecified atom stereocenters. The predicted octanol–water partition coefficient (Wildman–Crippen LogP) is 7.14. The Hall–Kier alpha value is -2.49. The van der Waals surface area contributed by atoms with Crippen molar-refractivity contribution >= 4 is 11.6 Å². The third-order valence-corrected chi connectivity index (χ3v) is 4.50. The van der Waals surface area contributed by atoms with E-state index in [9.17, 15) is 0 Å². The van der Waals surface area contributed by atoms with E-state index in [1.165, 1.54) is 16.7 Å². The summed E-state index contributed by atoms with van der Waals surface area (Å²) in [6, 6.07) is 22.9. The average molecular weight is 361 g/mol. The van der Waals surface area contributed by atoms with Crippen molar-refractivity contribution < 1.29 is 0 Å². The lowest BCUT2D eigenvalue weighted by Gasteiger charge is -2.08. The summed E-state index contributed by atoms with van der Waals surface area (Å²) in [7, 11) is 0. The molecule has 0 spiro atoms. The number of hydrogen-bond donors (Lipinski definition) is 0. The van der Waals surface area contributed by atoms with Gasteiger partial charge in [0.2, 0.25) is 0 Å². The highest BCUT2D eigenvalue weighted by atomic mass is 35.5. The molecule has 0 aliphatic rings. The lowest BCUT2D eigenvalue weighted by molar-refractivity contribution is 1.33. The van der Waals surface area contributed by atoms with E-state index >= 15 is 0 Å². The molecule has 26 heavy (non-hydrogen) atoms. The zero-order valence-electron chi connectivity index (χ0n) is 15.9. The maximum atomic E-state index is 5.88. The Morgan fingerprint density at radius 1 is 0.769 bits per heavy atom. The Labute approximate surface area is 162 Å². The number of rotatable bonds is 2. The fourth-order valence-electron chi connectivity index (χ4n) is 2.79. The summed E-state index contributed by atoms with van der Waals surface area (Å²) in [5.41, 5.74) is 8.08. The van der Waals surface area contributed by atoms with E-state index in [0.29, 0.717) is 5.88 Å². The van der Waals surface area contributed by atoms with Crippen LogP contribution in [0.4, 0.5) is 0 Å².